The van der Waals surface area contributed by atoms with Crippen LogP contribution in [0, 0.1) is 11.8 Å². The number of hydrogen-bond acceptors (Lipinski definition) is 3. The molecular weight excluding hydrogens is 406 g/mol. The van der Waals surface area contributed by atoms with Gasteiger partial charge in [0.05, 0.1) is 0 Å². The smallest absolute Gasteiger partial charge is 0.127 e. The van der Waals surface area contributed by atoms with E-state index in [9.17, 15) is 0 Å². The first kappa shape index (κ1) is 22.9. The quantitative estimate of drug-likeness (QED) is 0.516. The van der Waals surface area contributed by atoms with E-state index >= 15 is 0 Å². The van der Waals surface area contributed by atoms with Crippen LogP contribution in [0.25, 0.3) is 0 Å². The molecule has 33 heavy (non-hydrogen) atoms. The molecule has 2 aromatic rings. The van der Waals surface area contributed by atoms with Gasteiger partial charge in [-0.25, -0.2) is 0 Å². The fraction of sp³-hybridized carbons (Fsp3) is 0.600. The van der Waals surface area contributed by atoms with Gasteiger partial charge < -0.3 is 15.2 Å². The number of aryl methyl sites for hydroxylation is 1. The summed E-state index contributed by atoms with van der Waals surface area (Å²) in [6.07, 6.45) is 13.4. The van der Waals surface area contributed by atoms with Crippen molar-refractivity contribution in [3.63, 3.8) is 0 Å². The number of rotatable bonds is 4. The predicted octanol–water partition coefficient (Wildman–Crippen LogP) is 6.95. The Hall–Kier alpha value is -1.84. The fourth-order valence-electron chi connectivity index (χ4n) is 6.64. The summed E-state index contributed by atoms with van der Waals surface area (Å²) in [6.45, 7) is 1.77. The molecular formula is C30H41NO2. The van der Waals surface area contributed by atoms with Gasteiger partial charge in [-0.3, -0.25) is 0 Å². The van der Waals surface area contributed by atoms with Gasteiger partial charge in [-0.15, -0.1) is 0 Å². The number of hydrogen-bond donors (Lipinski definition) is 1. The third-order valence-corrected chi connectivity index (χ3v) is 8.42. The van der Waals surface area contributed by atoms with E-state index in [1.807, 2.05) is 0 Å². The van der Waals surface area contributed by atoms with Crippen LogP contribution in [0.2, 0.25) is 0 Å². The van der Waals surface area contributed by atoms with Crippen molar-refractivity contribution in [2.45, 2.75) is 88.7 Å². The molecule has 2 fully saturated rings. The van der Waals surface area contributed by atoms with Crippen LogP contribution in [0.1, 0.15) is 92.9 Å². The minimum absolute atomic E-state index is 0.121. The summed E-state index contributed by atoms with van der Waals surface area (Å²) in [5, 5.41) is 0. The summed E-state index contributed by atoms with van der Waals surface area (Å²) in [5.74, 6) is 2.80. The molecule has 2 aliphatic carbocycles. The standard InChI is InChI=1S/C30H41NO2/c31-25-12-3-1-11-24(21-25)28-17-16-22-9-2-4-14-27(22)30(28)33-29-15-6-5-13-26(29)23-10-7-8-19-32-20-18-23/h2,4-6,9,13-15,23-25,28,30H,1,3,7-8,10-12,16-21,31H2/t23?,24-,25-,28+,30-/m0/s1. The summed E-state index contributed by atoms with van der Waals surface area (Å²) in [6, 6.07) is 18.2. The molecule has 1 heterocycles. The maximum atomic E-state index is 7.10. The van der Waals surface area contributed by atoms with Crippen molar-refractivity contribution < 1.29 is 9.47 Å². The van der Waals surface area contributed by atoms with Crippen LogP contribution in [0.5, 0.6) is 5.75 Å². The second-order valence-electron chi connectivity index (χ2n) is 10.6. The molecule has 3 aliphatic rings. The molecule has 0 spiro atoms. The zero-order chi connectivity index (χ0) is 22.5. The molecule has 2 N–H and O–H groups in total. The van der Waals surface area contributed by atoms with Crippen molar-refractivity contribution in [3.05, 3.63) is 65.2 Å². The lowest BCUT2D eigenvalue weighted by molar-refractivity contribution is 0.0687. The number of nitrogens with two attached hydrogens (primary N) is 1. The summed E-state index contributed by atoms with van der Waals surface area (Å²) >= 11 is 0. The number of fused-ring (bicyclic) bond motifs is 1. The molecule has 0 amide bonds. The average Bonchev–Trinajstić information content (AvgIpc) is 3.04. The Morgan fingerprint density at radius 3 is 2.48 bits per heavy atom. The monoisotopic (exact) mass is 447 g/mol. The van der Waals surface area contributed by atoms with Crippen molar-refractivity contribution in [1.29, 1.82) is 0 Å². The van der Waals surface area contributed by atoms with E-state index in [0.717, 1.165) is 38.2 Å². The van der Waals surface area contributed by atoms with Crippen molar-refractivity contribution >= 4 is 0 Å². The lowest BCUT2D eigenvalue weighted by Crippen LogP contribution is -2.34. The summed E-state index contributed by atoms with van der Waals surface area (Å²) < 4.78 is 12.9. The van der Waals surface area contributed by atoms with E-state index in [1.165, 1.54) is 68.1 Å². The Kier molecular flexibility index (Phi) is 7.68. The highest BCUT2D eigenvalue weighted by Gasteiger charge is 2.38. The molecule has 0 bridgehead atoms. The Morgan fingerprint density at radius 2 is 1.55 bits per heavy atom. The second-order valence-corrected chi connectivity index (χ2v) is 10.6. The highest BCUT2D eigenvalue weighted by Crippen LogP contribution is 2.46. The van der Waals surface area contributed by atoms with Crippen molar-refractivity contribution in [1.82, 2.24) is 0 Å². The summed E-state index contributed by atoms with van der Waals surface area (Å²) in [7, 11) is 0. The summed E-state index contributed by atoms with van der Waals surface area (Å²) in [5.41, 5.74) is 10.8. The van der Waals surface area contributed by atoms with Crippen LogP contribution in [-0.4, -0.2) is 19.3 Å². The van der Waals surface area contributed by atoms with Crippen molar-refractivity contribution in [2.75, 3.05) is 13.2 Å². The van der Waals surface area contributed by atoms with Gasteiger partial charge in [0.25, 0.3) is 0 Å². The normalized spacial score (nSPS) is 31.0. The number of benzene rings is 2. The zero-order valence-corrected chi connectivity index (χ0v) is 20.1. The Bertz CT molecular complexity index is 888. The molecule has 2 aromatic carbocycles. The Balaban J connectivity index is 1.45. The van der Waals surface area contributed by atoms with E-state index in [1.54, 1.807) is 0 Å². The van der Waals surface area contributed by atoms with Crippen LogP contribution in [0.3, 0.4) is 0 Å². The van der Waals surface area contributed by atoms with Gasteiger partial charge in [0, 0.05) is 25.2 Å². The molecule has 0 radical (unpaired) electrons. The number of para-hydroxylation sites is 1. The molecule has 178 valence electrons. The molecule has 5 atom stereocenters. The first-order valence-corrected chi connectivity index (χ1v) is 13.5. The second kappa shape index (κ2) is 11.1. The number of ether oxygens (including phenoxy) is 2. The molecule has 1 saturated heterocycles. The molecule has 5 rings (SSSR count). The average molecular weight is 448 g/mol. The summed E-state index contributed by atoms with van der Waals surface area (Å²) in [4.78, 5) is 0. The van der Waals surface area contributed by atoms with Crippen molar-refractivity contribution in [3.8, 4) is 5.75 Å². The van der Waals surface area contributed by atoms with Gasteiger partial charge in [0.1, 0.15) is 11.9 Å². The molecule has 0 aromatic heterocycles. The molecule has 3 nitrogen and oxygen atoms in total. The van der Waals surface area contributed by atoms with E-state index in [-0.39, 0.29) is 6.10 Å². The molecule has 1 unspecified atom stereocenters. The van der Waals surface area contributed by atoms with Gasteiger partial charge in [-0.1, -0.05) is 61.7 Å². The Morgan fingerprint density at radius 1 is 0.758 bits per heavy atom. The maximum Gasteiger partial charge on any atom is 0.127 e. The Labute approximate surface area is 200 Å². The largest absolute Gasteiger partial charge is 0.485 e. The van der Waals surface area contributed by atoms with Gasteiger partial charge in [-0.2, -0.15) is 0 Å². The van der Waals surface area contributed by atoms with Crippen LogP contribution in [-0.2, 0) is 11.2 Å². The van der Waals surface area contributed by atoms with Gasteiger partial charge >= 0.3 is 0 Å². The maximum absolute atomic E-state index is 7.10. The van der Waals surface area contributed by atoms with E-state index < -0.39 is 0 Å². The highest BCUT2D eigenvalue weighted by atomic mass is 16.5. The van der Waals surface area contributed by atoms with Crippen LogP contribution >= 0.6 is 0 Å². The topological polar surface area (TPSA) is 44.5 Å². The van der Waals surface area contributed by atoms with Crippen molar-refractivity contribution in [2.24, 2.45) is 17.6 Å². The molecule has 1 saturated carbocycles. The third-order valence-electron chi connectivity index (χ3n) is 8.42. The lowest BCUT2D eigenvalue weighted by Gasteiger charge is -2.39. The van der Waals surface area contributed by atoms with Crippen LogP contribution in [0.15, 0.2) is 48.5 Å². The van der Waals surface area contributed by atoms with E-state index in [4.69, 9.17) is 15.2 Å². The first-order valence-electron chi connectivity index (χ1n) is 13.5. The van der Waals surface area contributed by atoms with Crippen LogP contribution < -0.4 is 10.5 Å². The first-order chi connectivity index (χ1) is 16.3. The molecule has 3 heteroatoms. The SMILES string of the molecule is N[C@H]1CCCC[C@H]([C@H]2CCc3ccccc3[C@@H]2Oc2ccccc2C2CCCCOCC2)C1. The molecule has 1 aliphatic heterocycles. The fourth-order valence-corrected chi connectivity index (χ4v) is 6.64. The van der Waals surface area contributed by atoms with E-state index in [0.29, 0.717) is 23.8 Å². The highest BCUT2D eigenvalue weighted by molar-refractivity contribution is 5.39. The minimum Gasteiger partial charge on any atom is -0.485 e. The minimum atomic E-state index is 0.121. The third kappa shape index (κ3) is 5.46. The van der Waals surface area contributed by atoms with Crippen LogP contribution in [0.4, 0.5) is 0 Å². The van der Waals surface area contributed by atoms with Gasteiger partial charge in [-0.05, 0) is 86.0 Å². The van der Waals surface area contributed by atoms with Gasteiger partial charge in [0.2, 0.25) is 0 Å². The van der Waals surface area contributed by atoms with Gasteiger partial charge in [0.15, 0.2) is 0 Å². The predicted molar refractivity (Wildman–Crippen MR) is 135 cm³/mol. The lowest BCUT2D eigenvalue weighted by atomic mass is 9.72. The zero-order valence-electron chi connectivity index (χ0n) is 20.1. The van der Waals surface area contributed by atoms with E-state index in [2.05, 4.69) is 48.5 Å².